The number of nitrogens with one attached hydrogen (secondary N) is 1. The number of hydrogen-bond acceptors (Lipinski definition) is 4. The summed E-state index contributed by atoms with van der Waals surface area (Å²) in [5.74, 6) is 2.02. The van der Waals surface area contributed by atoms with Crippen LogP contribution in [0.3, 0.4) is 0 Å². The second kappa shape index (κ2) is 6.03. The molecule has 6 heteroatoms. The van der Waals surface area contributed by atoms with E-state index in [1.54, 1.807) is 6.20 Å². The standard InChI is InChI=1S/C15H19N5O/c1-11-18-19-14-7-5-13(10-20(11)14)17-15(21)8-6-12-4-2-3-9-16-12/h2-4,9,13H,5-8,10H2,1H3,(H,17,21)/t13-/m1/s1. The zero-order valence-corrected chi connectivity index (χ0v) is 12.1. The van der Waals surface area contributed by atoms with Crippen LogP contribution in [0, 0.1) is 6.92 Å². The summed E-state index contributed by atoms with van der Waals surface area (Å²) in [4.78, 5) is 16.3. The highest BCUT2D eigenvalue weighted by atomic mass is 16.1. The fourth-order valence-corrected chi connectivity index (χ4v) is 2.67. The van der Waals surface area contributed by atoms with Gasteiger partial charge in [0.15, 0.2) is 0 Å². The summed E-state index contributed by atoms with van der Waals surface area (Å²) in [5, 5.41) is 11.3. The lowest BCUT2D eigenvalue weighted by Gasteiger charge is -2.24. The third-order valence-corrected chi connectivity index (χ3v) is 3.83. The van der Waals surface area contributed by atoms with Crippen molar-refractivity contribution in [3.05, 3.63) is 41.7 Å². The Morgan fingerprint density at radius 2 is 2.33 bits per heavy atom. The van der Waals surface area contributed by atoms with E-state index in [9.17, 15) is 4.79 Å². The van der Waals surface area contributed by atoms with Crippen LogP contribution >= 0.6 is 0 Å². The minimum Gasteiger partial charge on any atom is -0.352 e. The molecular formula is C15H19N5O. The summed E-state index contributed by atoms with van der Waals surface area (Å²) >= 11 is 0. The van der Waals surface area contributed by atoms with Crippen LogP contribution < -0.4 is 5.32 Å². The van der Waals surface area contributed by atoms with E-state index in [0.717, 1.165) is 36.7 Å². The van der Waals surface area contributed by atoms with E-state index < -0.39 is 0 Å². The van der Waals surface area contributed by atoms with Gasteiger partial charge in [-0.25, -0.2) is 0 Å². The van der Waals surface area contributed by atoms with Crippen molar-refractivity contribution in [2.24, 2.45) is 0 Å². The second-order valence-corrected chi connectivity index (χ2v) is 5.40. The minimum absolute atomic E-state index is 0.0832. The maximum Gasteiger partial charge on any atom is 0.220 e. The maximum atomic E-state index is 12.0. The van der Waals surface area contributed by atoms with Gasteiger partial charge in [0.05, 0.1) is 0 Å². The van der Waals surface area contributed by atoms with Crippen LogP contribution in [0.15, 0.2) is 24.4 Å². The minimum atomic E-state index is 0.0832. The van der Waals surface area contributed by atoms with E-state index in [0.29, 0.717) is 12.8 Å². The lowest BCUT2D eigenvalue weighted by Crippen LogP contribution is -2.41. The van der Waals surface area contributed by atoms with Gasteiger partial charge in [-0.3, -0.25) is 9.78 Å². The highest BCUT2D eigenvalue weighted by molar-refractivity contribution is 5.76. The van der Waals surface area contributed by atoms with Crippen molar-refractivity contribution in [1.29, 1.82) is 0 Å². The molecule has 110 valence electrons. The molecular weight excluding hydrogens is 266 g/mol. The summed E-state index contributed by atoms with van der Waals surface area (Å²) in [6.07, 6.45) is 4.70. The number of fused-ring (bicyclic) bond motifs is 1. The number of carbonyl (C=O) groups is 1. The fourth-order valence-electron chi connectivity index (χ4n) is 2.67. The van der Waals surface area contributed by atoms with Crippen LogP contribution in [0.4, 0.5) is 0 Å². The largest absolute Gasteiger partial charge is 0.352 e. The van der Waals surface area contributed by atoms with Crippen molar-refractivity contribution in [3.63, 3.8) is 0 Å². The molecule has 1 atom stereocenters. The Bertz CT molecular complexity index is 622. The highest BCUT2D eigenvalue weighted by Crippen LogP contribution is 2.14. The van der Waals surface area contributed by atoms with Gasteiger partial charge in [-0.15, -0.1) is 10.2 Å². The smallest absolute Gasteiger partial charge is 0.220 e. The Morgan fingerprint density at radius 1 is 1.43 bits per heavy atom. The Labute approximate surface area is 123 Å². The second-order valence-electron chi connectivity index (χ2n) is 5.40. The van der Waals surface area contributed by atoms with E-state index in [1.165, 1.54) is 0 Å². The van der Waals surface area contributed by atoms with Crippen LogP contribution in [0.1, 0.15) is 30.2 Å². The molecule has 3 heterocycles. The summed E-state index contributed by atoms with van der Waals surface area (Å²) < 4.78 is 2.09. The van der Waals surface area contributed by atoms with Gasteiger partial charge in [0.2, 0.25) is 5.91 Å². The molecule has 3 rings (SSSR count). The van der Waals surface area contributed by atoms with E-state index in [-0.39, 0.29) is 11.9 Å². The molecule has 2 aromatic heterocycles. The van der Waals surface area contributed by atoms with Crippen molar-refractivity contribution < 1.29 is 4.79 Å². The van der Waals surface area contributed by atoms with Gasteiger partial charge in [-0.05, 0) is 31.9 Å². The van der Waals surface area contributed by atoms with Crippen LogP contribution in [-0.2, 0) is 24.2 Å². The zero-order chi connectivity index (χ0) is 14.7. The van der Waals surface area contributed by atoms with E-state index in [4.69, 9.17) is 0 Å². The van der Waals surface area contributed by atoms with Gasteiger partial charge in [-0.2, -0.15) is 0 Å². The van der Waals surface area contributed by atoms with Gasteiger partial charge in [0.1, 0.15) is 11.6 Å². The normalized spacial score (nSPS) is 17.3. The van der Waals surface area contributed by atoms with Crippen LogP contribution in [0.25, 0.3) is 0 Å². The molecule has 1 aliphatic heterocycles. The van der Waals surface area contributed by atoms with Gasteiger partial charge in [0, 0.05) is 37.3 Å². The molecule has 0 fully saturated rings. The van der Waals surface area contributed by atoms with E-state index in [2.05, 4.69) is 25.1 Å². The number of amides is 1. The van der Waals surface area contributed by atoms with Gasteiger partial charge >= 0.3 is 0 Å². The van der Waals surface area contributed by atoms with Crippen LogP contribution in [0.2, 0.25) is 0 Å². The Morgan fingerprint density at radius 3 is 3.14 bits per heavy atom. The molecule has 0 aliphatic carbocycles. The average molecular weight is 285 g/mol. The topological polar surface area (TPSA) is 72.7 Å². The first-order chi connectivity index (χ1) is 10.2. The molecule has 21 heavy (non-hydrogen) atoms. The number of rotatable bonds is 4. The van der Waals surface area contributed by atoms with Gasteiger partial charge in [0.25, 0.3) is 0 Å². The molecule has 0 spiro atoms. The SMILES string of the molecule is Cc1nnc2n1C[C@H](NC(=O)CCc1ccccn1)CC2. The molecule has 1 amide bonds. The lowest BCUT2D eigenvalue weighted by atomic mass is 10.1. The Hall–Kier alpha value is -2.24. The van der Waals surface area contributed by atoms with Crippen molar-refractivity contribution in [3.8, 4) is 0 Å². The van der Waals surface area contributed by atoms with Gasteiger partial charge in [-0.1, -0.05) is 6.07 Å². The quantitative estimate of drug-likeness (QED) is 0.911. The van der Waals surface area contributed by atoms with Crippen molar-refractivity contribution >= 4 is 5.91 Å². The Kier molecular flexibility index (Phi) is 3.94. The van der Waals surface area contributed by atoms with Crippen molar-refractivity contribution in [2.45, 2.75) is 45.2 Å². The summed E-state index contributed by atoms with van der Waals surface area (Å²) in [7, 11) is 0. The zero-order valence-electron chi connectivity index (χ0n) is 12.1. The first kappa shape index (κ1) is 13.7. The molecule has 2 aromatic rings. The molecule has 0 bridgehead atoms. The van der Waals surface area contributed by atoms with E-state index >= 15 is 0 Å². The third kappa shape index (κ3) is 3.26. The summed E-state index contributed by atoms with van der Waals surface area (Å²) in [6.45, 7) is 2.71. The number of pyridine rings is 1. The first-order valence-electron chi connectivity index (χ1n) is 7.30. The molecule has 0 radical (unpaired) electrons. The fraction of sp³-hybridized carbons (Fsp3) is 0.467. The molecule has 6 nitrogen and oxygen atoms in total. The first-order valence-corrected chi connectivity index (χ1v) is 7.30. The third-order valence-electron chi connectivity index (χ3n) is 3.83. The number of hydrogen-bond donors (Lipinski definition) is 1. The maximum absolute atomic E-state index is 12.0. The van der Waals surface area contributed by atoms with E-state index in [1.807, 2.05) is 25.1 Å². The van der Waals surface area contributed by atoms with Crippen molar-refractivity contribution in [2.75, 3.05) is 0 Å². The van der Waals surface area contributed by atoms with Crippen LogP contribution in [-0.4, -0.2) is 31.7 Å². The molecule has 0 unspecified atom stereocenters. The lowest BCUT2D eigenvalue weighted by molar-refractivity contribution is -0.122. The highest BCUT2D eigenvalue weighted by Gasteiger charge is 2.22. The summed E-state index contributed by atoms with van der Waals surface area (Å²) in [5.41, 5.74) is 0.952. The molecule has 0 saturated heterocycles. The predicted octanol–water partition coefficient (Wildman–Crippen LogP) is 1.05. The Balaban J connectivity index is 1.51. The van der Waals surface area contributed by atoms with Crippen LogP contribution in [0.5, 0.6) is 0 Å². The predicted molar refractivity (Wildman–Crippen MR) is 77.6 cm³/mol. The number of carbonyl (C=O) groups excluding carboxylic acids is 1. The average Bonchev–Trinajstić information content (AvgIpc) is 2.87. The molecule has 1 aliphatic rings. The number of nitrogens with zero attached hydrogens (tertiary/aromatic N) is 4. The monoisotopic (exact) mass is 285 g/mol. The van der Waals surface area contributed by atoms with Gasteiger partial charge < -0.3 is 9.88 Å². The number of aromatic nitrogens is 4. The molecule has 1 N–H and O–H groups in total. The molecule has 0 aromatic carbocycles. The number of aryl methyl sites for hydroxylation is 3. The molecule has 0 saturated carbocycles. The summed E-state index contributed by atoms with van der Waals surface area (Å²) in [6, 6.07) is 5.94. The van der Waals surface area contributed by atoms with Crippen molar-refractivity contribution in [1.82, 2.24) is 25.1 Å².